The monoisotopic (exact) mass is 176 g/mol. The Morgan fingerprint density at radius 1 is 1.31 bits per heavy atom. The zero-order chi connectivity index (χ0) is 9.59. The summed E-state index contributed by atoms with van der Waals surface area (Å²) in [6.07, 6.45) is 1.34. The number of ketones is 1. The molecule has 68 valence electrons. The van der Waals surface area contributed by atoms with E-state index in [1.54, 1.807) is 6.07 Å². The predicted octanol–water partition coefficient (Wildman–Crippen LogP) is 1.29. The Labute approximate surface area is 76.7 Å². The molecule has 3 nitrogen and oxygen atoms in total. The molecule has 13 heavy (non-hydrogen) atoms. The quantitative estimate of drug-likeness (QED) is 0.585. The predicted molar refractivity (Wildman–Crippen MR) is 52.7 cm³/mol. The highest BCUT2D eigenvalue weighted by atomic mass is 16.1. The molecule has 0 fully saturated rings. The summed E-state index contributed by atoms with van der Waals surface area (Å²) >= 11 is 0. The fraction of sp³-hybridized carbons (Fsp3) is 0.300. The van der Waals surface area contributed by atoms with Crippen LogP contribution in [0.25, 0.3) is 0 Å². The largest absolute Gasteiger partial charge is 0.398 e. The second kappa shape index (κ2) is 2.49. The van der Waals surface area contributed by atoms with E-state index < -0.39 is 0 Å². The van der Waals surface area contributed by atoms with Crippen LogP contribution in [-0.4, -0.2) is 5.78 Å². The molecule has 0 radical (unpaired) electrons. The molecule has 0 heterocycles. The van der Waals surface area contributed by atoms with Crippen LogP contribution in [-0.2, 0) is 6.42 Å². The van der Waals surface area contributed by atoms with E-state index in [4.69, 9.17) is 11.5 Å². The summed E-state index contributed by atoms with van der Waals surface area (Å²) in [5.41, 5.74) is 15.5. The van der Waals surface area contributed by atoms with Gasteiger partial charge in [0.25, 0.3) is 0 Å². The van der Waals surface area contributed by atoms with Crippen molar-refractivity contribution in [2.24, 2.45) is 0 Å². The molecule has 1 aromatic rings. The molecular formula is C10H12N2O. The summed E-state index contributed by atoms with van der Waals surface area (Å²) in [6, 6.07) is 1.75. The van der Waals surface area contributed by atoms with Crippen molar-refractivity contribution in [1.29, 1.82) is 0 Å². The smallest absolute Gasteiger partial charge is 0.163 e. The van der Waals surface area contributed by atoms with Gasteiger partial charge in [0.15, 0.2) is 5.78 Å². The molecule has 3 heteroatoms. The first kappa shape index (κ1) is 8.10. The van der Waals surface area contributed by atoms with Crippen LogP contribution in [0.5, 0.6) is 0 Å². The van der Waals surface area contributed by atoms with Crippen molar-refractivity contribution < 1.29 is 4.79 Å². The molecule has 0 unspecified atom stereocenters. The van der Waals surface area contributed by atoms with E-state index in [2.05, 4.69) is 0 Å². The van der Waals surface area contributed by atoms with Gasteiger partial charge in [-0.25, -0.2) is 0 Å². The third-order valence-corrected chi connectivity index (χ3v) is 2.69. The Kier molecular flexibility index (Phi) is 1.55. The average molecular weight is 176 g/mol. The first-order valence-electron chi connectivity index (χ1n) is 4.32. The number of nitrogens with two attached hydrogens (primary N) is 2. The fourth-order valence-corrected chi connectivity index (χ4v) is 1.77. The second-order valence-corrected chi connectivity index (χ2v) is 3.45. The summed E-state index contributed by atoms with van der Waals surface area (Å²) in [5.74, 6) is 0.161. The second-order valence-electron chi connectivity index (χ2n) is 3.45. The van der Waals surface area contributed by atoms with Gasteiger partial charge in [-0.1, -0.05) is 0 Å². The minimum Gasteiger partial charge on any atom is -0.398 e. The highest BCUT2D eigenvalue weighted by Crippen LogP contribution is 2.32. The molecule has 1 aliphatic carbocycles. The zero-order valence-electron chi connectivity index (χ0n) is 7.55. The van der Waals surface area contributed by atoms with Crippen LogP contribution in [0.15, 0.2) is 6.07 Å². The molecule has 0 aromatic heterocycles. The number of nitrogen functional groups attached to an aromatic ring is 2. The first-order valence-corrected chi connectivity index (χ1v) is 4.32. The molecule has 4 N–H and O–H groups in total. The lowest BCUT2D eigenvalue weighted by atomic mass is 10.0. The van der Waals surface area contributed by atoms with Gasteiger partial charge in [-0.2, -0.15) is 0 Å². The Hall–Kier alpha value is -1.51. The van der Waals surface area contributed by atoms with Crippen molar-refractivity contribution in [2.75, 3.05) is 11.5 Å². The molecule has 0 atom stereocenters. The maximum absolute atomic E-state index is 11.4. The Morgan fingerprint density at radius 2 is 2.00 bits per heavy atom. The van der Waals surface area contributed by atoms with Crippen molar-refractivity contribution in [3.05, 3.63) is 22.8 Å². The Morgan fingerprint density at radius 3 is 2.69 bits per heavy atom. The number of benzene rings is 1. The molecule has 0 saturated carbocycles. The molecular weight excluding hydrogens is 164 g/mol. The van der Waals surface area contributed by atoms with Crippen LogP contribution in [0, 0.1) is 6.92 Å². The van der Waals surface area contributed by atoms with Crippen LogP contribution in [0.2, 0.25) is 0 Å². The van der Waals surface area contributed by atoms with Crippen LogP contribution in [0.1, 0.15) is 27.9 Å². The number of Topliss-reactive ketones (excluding diaryl/α,β-unsaturated/α-hetero) is 1. The van der Waals surface area contributed by atoms with Gasteiger partial charge in [0.1, 0.15) is 0 Å². The number of anilines is 2. The van der Waals surface area contributed by atoms with Gasteiger partial charge in [0.05, 0.1) is 0 Å². The highest BCUT2D eigenvalue weighted by Gasteiger charge is 2.23. The molecule has 0 bridgehead atoms. The van der Waals surface area contributed by atoms with Crippen molar-refractivity contribution >= 4 is 17.2 Å². The third-order valence-electron chi connectivity index (χ3n) is 2.69. The van der Waals surface area contributed by atoms with Crippen LogP contribution < -0.4 is 11.5 Å². The normalized spacial score (nSPS) is 14.7. The van der Waals surface area contributed by atoms with Crippen molar-refractivity contribution in [1.82, 2.24) is 0 Å². The molecule has 0 saturated heterocycles. The van der Waals surface area contributed by atoms with Crippen LogP contribution >= 0.6 is 0 Å². The van der Waals surface area contributed by atoms with E-state index in [0.29, 0.717) is 17.8 Å². The van der Waals surface area contributed by atoms with E-state index in [1.807, 2.05) is 6.92 Å². The number of carbonyl (C=O) groups is 1. The van der Waals surface area contributed by atoms with Crippen molar-refractivity contribution in [3.63, 3.8) is 0 Å². The van der Waals surface area contributed by atoms with E-state index in [-0.39, 0.29) is 5.78 Å². The molecule has 1 aliphatic rings. The van der Waals surface area contributed by atoms with E-state index in [9.17, 15) is 4.79 Å². The number of hydrogen-bond donors (Lipinski definition) is 2. The lowest BCUT2D eigenvalue weighted by molar-refractivity contribution is 0.0994. The zero-order valence-corrected chi connectivity index (χ0v) is 7.55. The van der Waals surface area contributed by atoms with Gasteiger partial charge < -0.3 is 11.5 Å². The third kappa shape index (κ3) is 1.00. The molecule has 1 aromatic carbocycles. The molecule has 0 amide bonds. The number of rotatable bonds is 0. The van der Waals surface area contributed by atoms with Gasteiger partial charge >= 0.3 is 0 Å². The summed E-state index contributed by atoms with van der Waals surface area (Å²) in [6.45, 7) is 1.88. The average Bonchev–Trinajstić information content (AvgIpc) is 2.45. The fourth-order valence-electron chi connectivity index (χ4n) is 1.77. The molecule has 0 spiro atoms. The summed E-state index contributed by atoms with van der Waals surface area (Å²) in [7, 11) is 0. The van der Waals surface area contributed by atoms with E-state index in [0.717, 1.165) is 23.1 Å². The molecule has 0 aliphatic heterocycles. The standard InChI is InChI=1S/C10H12N2O/c1-5-8(11)4-7-6(10(5)12)2-3-9(7)13/h4H,2-3,11-12H2,1H3. The van der Waals surface area contributed by atoms with Gasteiger partial charge in [-0.05, 0) is 30.5 Å². The van der Waals surface area contributed by atoms with Crippen molar-refractivity contribution in [2.45, 2.75) is 19.8 Å². The van der Waals surface area contributed by atoms with Crippen LogP contribution in [0.4, 0.5) is 11.4 Å². The van der Waals surface area contributed by atoms with Gasteiger partial charge in [0, 0.05) is 23.4 Å². The van der Waals surface area contributed by atoms with E-state index >= 15 is 0 Å². The number of carbonyl (C=O) groups excluding carboxylic acids is 1. The van der Waals surface area contributed by atoms with Crippen molar-refractivity contribution in [3.8, 4) is 0 Å². The summed E-state index contributed by atoms with van der Waals surface area (Å²) in [4.78, 5) is 11.4. The number of fused-ring (bicyclic) bond motifs is 1. The van der Waals surface area contributed by atoms with Gasteiger partial charge in [0.2, 0.25) is 0 Å². The first-order chi connectivity index (χ1) is 6.11. The number of hydrogen-bond acceptors (Lipinski definition) is 3. The van der Waals surface area contributed by atoms with E-state index in [1.165, 1.54) is 0 Å². The minimum atomic E-state index is 0.161. The summed E-state index contributed by atoms with van der Waals surface area (Å²) in [5, 5.41) is 0. The highest BCUT2D eigenvalue weighted by molar-refractivity contribution is 6.03. The Bertz CT molecular complexity index is 396. The minimum absolute atomic E-state index is 0.161. The summed E-state index contributed by atoms with van der Waals surface area (Å²) < 4.78 is 0. The Balaban J connectivity index is 2.74. The lowest BCUT2D eigenvalue weighted by Gasteiger charge is -2.09. The maximum atomic E-state index is 11.4. The lowest BCUT2D eigenvalue weighted by Crippen LogP contribution is -2.02. The van der Waals surface area contributed by atoms with Crippen LogP contribution in [0.3, 0.4) is 0 Å². The molecule has 2 rings (SSSR count). The SMILES string of the molecule is Cc1c(N)cc2c(c1N)CCC2=O. The maximum Gasteiger partial charge on any atom is 0.163 e. The van der Waals surface area contributed by atoms with Gasteiger partial charge in [-0.15, -0.1) is 0 Å². The van der Waals surface area contributed by atoms with Gasteiger partial charge in [-0.3, -0.25) is 4.79 Å². The topological polar surface area (TPSA) is 69.1 Å².